The summed E-state index contributed by atoms with van der Waals surface area (Å²) in [6.45, 7) is 4.54. The van der Waals surface area contributed by atoms with Crippen LogP contribution in [-0.4, -0.2) is 61.9 Å². The van der Waals surface area contributed by atoms with Crippen molar-refractivity contribution in [3.8, 4) is 11.3 Å². The summed E-state index contributed by atoms with van der Waals surface area (Å²) in [4.78, 5) is 12.8. The number of carbonyl (C=O) groups excluding carboxylic acids is 1. The van der Waals surface area contributed by atoms with E-state index in [1.165, 1.54) is 0 Å². The minimum Gasteiger partial charge on any atom is -0.455 e. The molecule has 2 atom stereocenters. The molecule has 1 aliphatic carbocycles. The normalized spacial score (nSPS) is 18.9. The number of methoxy groups -OCH3 is 1. The molecule has 0 bridgehead atoms. The van der Waals surface area contributed by atoms with Gasteiger partial charge in [0.25, 0.3) is 5.91 Å². The van der Waals surface area contributed by atoms with Crippen molar-refractivity contribution in [1.82, 2.24) is 15.1 Å². The van der Waals surface area contributed by atoms with Crippen LogP contribution in [-0.2, 0) is 39.8 Å². The molecule has 0 saturated carbocycles. The topological polar surface area (TPSA) is 87.8 Å². The van der Waals surface area contributed by atoms with Crippen LogP contribution in [0.15, 0.2) is 10.6 Å². The Morgan fingerprint density at radius 2 is 2.18 bits per heavy atom. The fourth-order valence-corrected chi connectivity index (χ4v) is 4.41. The Bertz CT molecular complexity index is 995. The minimum absolute atomic E-state index is 0.0892. The van der Waals surface area contributed by atoms with Gasteiger partial charge in [0.15, 0.2) is 0 Å². The second-order valence-electron chi connectivity index (χ2n) is 8.85. The summed E-state index contributed by atoms with van der Waals surface area (Å²) in [6.07, 6.45) is -0.913. The van der Waals surface area contributed by atoms with Gasteiger partial charge in [-0.15, -0.1) is 0 Å². The van der Waals surface area contributed by atoms with Gasteiger partial charge >= 0.3 is 6.18 Å². The molecule has 0 aromatic carbocycles. The zero-order chi connectivity index (χ0) is 24.3. The van der Waals surface area contributed by atoms with Crippen molar-refractivity contribution in [3.05, 3.63) is 28.8 Å². The molecule has 0 unspecified atom stereocenters. The predicted octanol–water partition coefficient (Wildman–Crippen LogP) is 3.47. The van der Waals surface area contributed by atoms with E-state index in [0.717, 1.165) is 12.8 Å². The fourth-order valence-electron chi connectivity index (χ4n) is 4.41. The number of fused-ring (bicyclic) bond motifs is 3. The van der Waals surface area contributed by atoms with E-state index in [1.54, 1.807) is 18.0 Å². The number of hydrogen-bond donors (Lipinski definition) is 1. The van der Waals surface area contributed by atoms with Crippen LogP contribution >= 0.6 is 0 Å². The number of alkyl halides is 3. The first-order chi connectivity index (χ1) is 16.3. The van der Waals surface area contributed by atoms with Crippen LogP contribution in [0.2, 0.25) is 0 Å². The first-order valence-corrected chi connectivity index (χ1v) is 11.5. The van der Waals surface area contributed by atoms with Crippen LogP contribution < -0.4 is 5.32 Å². The van der Waals surface area contributed by atoms with Gasteiger partial charge in [-0.05, 0) is 30.7 Å². The Labute approximate surface area is 195 Å². The lowest BCUT2D eigenvalue weighted by atomic mass is 9.93. The number of aryl methyl sites for hydroxylation is 2. The molecule has 34 heavy (non-hydrogen) atoms. The molecular weight excluding hydrogens is 455 g/mol. The van der Waals surface area contributed by atoms with E-state index >= 15 is 0 Å². The quantitative estimate of drug-likeness (QED) is 0.548. The molecule has 4 rings (SSSR count). The molecule has 1 saturated heterocycles. The largest absolute Gasteiger partial charge is 0.455 e. The van der Waals surface area contributed by atoms with Crippen LogP contribution in [0.1, 0.15) is 47.2 Å². The van der Waals surface area contributed by atoms with Gasteiger partial charge in [0.05, 0.1) is 37.6 Å². The van der Waals surface area contributed by atoms with Gasteiger partial charge in [-0.2, -0.15) is 18.3 Å². The molecule has 0 radical (unpaired) electrons. The number of furan rings is 1. The first kappa shape index (κ1) is 24.7. The Morgan fingerprint density at radius 1 is 1.35 bits per heavy atom. The fraction of sp³-hybridized carbons (Fsp3) is 0.652. The summed E-state index contributed by atoms with van der Waals surface area (Å²) < 4.78 is 65.7. The summed E-state index contributed by atoms with van der Waals surface area (Å²) in [5.41, 5.74) is -0.294. The highest BCUT2D eigenvalue weighted by atomic mass is 19.4. The molecule has 2 aliphatic rings. The van der Waals surface area contributed by atoms with Gasteiger partial charge in [0.1, 0.15) is 17.4 Å². The second kappa shape index (κ2) is 10.5. The first-order valence-electron chi connectivity index (χ1n) is 11.5. The number of rotatable bonds is 9. The second-order valence-corrected chi connectivity index (χ2v) is 8.85. The molecule has 1 amide bonds. The highest BCUT2D eigenvalue weighted by Crippen LogP contribution is 2.46. The average Bonchev–Trinajstić information content (AvgIpc) is 3.39. The van der Waals surface area contributed by atoms with Crippen molar-refractivity contribution >= 4 is 5.91 Å². The number of aromatic nitrogens is 2. The van der Waals surface area contributed by atoms with Gasteiger partial charge in [-0.3, -0.25) is 9.48 Å². The molecule has 2 aromatic heterocycles. The number of ether oxygens (including phenoxy) is 3. The number of halogens is 3. The monoisotopic (exact) mass is 485 g/mol. The van der Waals surface area contributed by atoms with Crippen LogP contribution in [0.4, 0.5) is 13.2 Å². The van der Waals surface area contributed by atoms with Gasteiger partial charge in [0.2, 0.25) is 5.76 Å². The van der Waals surface area contributed by atoms with E-state index in [4.69, 9.17) is 18.6 Å². The molecular formula is C23H30F3N3O5. The third kappa shape index (κ3) is 5.47. The lowest BCUT2D eigenvalue weighted by Crippen LogP contribution is -2.32. The lowest BCUT2D eigenvalue weighted by molar-refractivity contribution is -0.137. The molecule has 2 aromatic rings. The SMILES string of the molecule is COCCC[C@@H](C)CNC(=O)c1oc2c(c1C(F)(F)F)-c1nn(C[C@H]3COCCO3)cc1CC2. The number of carbonyl (C=O) groups is 1. The molecule has 8 nitrogen and oxygen atoms in total. The maximum absolute atomic E-state index is 14.2. The van der Waals surface area contributed by atoms with E-state index in [1.807, 2.05) is 6.92 Å². The number of hydrogen-bond acceptors (Lipinski definition) is 6. The smallest absolute Gasteiger partial charge is 0.420 e. The maximum Gasteiger partial charge on any atom is 0.420 e. The minimum atomic E-state index is -4.77. The standard InChI is InChI=1S/C23H30F3N3O5/c1-14(4-3-7-31-2)10-27-22(30)21-19(23(24,25)26)18-17(34-21)6-5-15-11-29(28-20(15)18)12-16-13-32-8-9-33-16/h11,14,16H,3-10,12-13H2,1-2H3,(H,27,30)/t14-,16+/m1/s1. The van der Waals surface area contributed by atoms with Crippen LogP contribution in [0, 0.1) is 5.92 Å². The summed E-state index contributed by atoms with van der Waals surface area (Å²) >= 11 is 0. The molecule has 11 heteroatoms. The predicted molar refractivity (Wildman–Crippen MR) is 116 cm³/mol. The third-order valence-corrected chi connectivity index (χ3v) is 6.10. The van der Waals surface area contributed by atoms with Crippen molar-refractivity contribution in [1.29, 1.82) is 0 Å². The van der Waals surface area contributed by atoms with E-state index < -0.39 is 23.4 Å². The van der Waals surface area contributed by atoms with Crippen molar-refractivity contribution in [2.24, 2.45) is 5.92 Å². The lowest BCUT2D eigenvalue weighted by Gasteiger charge is -2.22. The Kier molecular flexibility index (Phi) is 7.63. The molecule has 1 N–H and O–H groups in total. The molecule has 3 heterocycles. The van der Waals surface area contributed by atoms with Crippen LogP contribution in [0.3, 0.4) is 0 Å². The van der Waals surface area contributed by atoms with E-state index in [9.17, 15) is 18.0 Å². The maximum atomic E-state index is 14.2. The zero-order valence-electron chi connectivity index (χ0n) is 19.4. The summed E-state index contributed by atoms with van der Waals surface area (Å²) in [5, 5.41) is 7.03. The van der Waals surface area contributed by atoms with Gasteiger partial charge in [-0.1, -0.05) is 6.92 Å². The van der Waals surface area contributed by atoms with Gasteiger partial charge in [-0.25, -0.2) is 0 Å². The van der Waals surface area contributed by atoms with Crippen molar-refractivity contribution in [3.63, 3.8) is 0 Å². The molecule has 1 aliphatic heterocycles. The van der Waals surface area contributed by atoms with Crippen molar-refractivity contribution in [2.75, 3.05) is 40.1 Å². The van der Waals surface area contributed by atoms with Crippen molar-refractivity contribution < 1.29 is 36.6 Å². The van der Waals surface area contributed by atoms with E-state index in [-0.39, 0.29) is 42.0 Å². The number of amides is 1. The molecule has 188 valence electrons. The van der Waals surface area contributed by atoms with Crippen LogP contribution in [0.25, 0.3) is 11.3 Å². The molecule has 0 spiro atoms. The Balaban J connectivity index is 1.57. The van der Waals surface area contributed by atoms with Gasteiger partial charge < -0.3 is 23.9 Å². The Hall–Kier alpha value is -2.37. The van der Waals surface area contributed by atoms with E-state index in [2.05, 4.69) is 10.4 Å². The summed E-state index contributed by atoms with van der Waals surface area (Å²) in [6, 6.07) is 0. The van der Waals surface area contributed by atoms with Crippen LogP contribution in [0.5, 0.6) is 0 Å². The highest BCUT2D eigenvalue weighted by molar-refractivity contribution is 5.96. The van der Waals surface area contributed by atoms with E-state index in [0.29, 0.717) is 45.0 Å². The average molecular weight is 486 g/mol. The number of nitrogens with zero attached hydrogens (tertiary/aromatic N) is 2. The number of nitrogens with one attached hydrogen (secondary N) is 1. The van der Waals surface area contributed by atoms with Gasteiger partial charge in [0, 0.05) is 32.9 Å². The van der Waals surface area contributed by atoms with Crippen molar-refractivity contribution in [2.45, 2.75) is 51.4 Å². The highest BCUT2D eigenvalue weighted by Gasteiger charge is 2.45. The summed E-state index contributed by atoms with van der Waals surface area (Å²) in [5.74, 6) is -1.34. The zero-order valence-corrected chi connectivity index (χ0v) is 19.4. The Morgan fingerprint density at radius 3 is 2.88 bits per heavy atom. The third-order valence-electron chi connectivity index (χ3n) is 6.10. The molecule has 1 fully saturated rings. The summed E-state index contributed by atoms with van der Waals surface area (Å²) in [7, 11) is 1.61.